The summed E-state index contributed by atoms with van der Waals surface area (Å²) >= 11 is 0.761. The predicted octanol–water partition coefficient (Wildman–Crippen LogP) is 3.86. The molecule has 0 fully saturated rings. The molecule has 2 heterocycles. The molecule has 0 spiro atoms. The van der Waals surface area contributed by atoms with Crippen molar-refractivity contribution in [3.05, 3.63) is 59.2 Å². The Morgan fingerprint density at radius 3 is 2.51 bits per heavy atom. The zero-order chi connectivity index (χ0) is 26.6. The first kappa shape index (κ1) is 26.4. The third-order valence-corrected chi connectivity index (χ3v) is 7.96. The molecule has 0 aromatic heterocycles. The Kier molecular flexibility index (Phi) is 7.98. The van der Waals surface area contributed by atoms with Crippen molar-refractivity contribution in [2.24, 2.45) is 9.39 Å². The van der Waals surface area contributed by atoms with E-state index in [9.17, 15) is 13.2 Å². The fourth-order valence-electron chi connectivity index (χ4n) is 3.53. The van der Waals surface area contributed by atoms with Gasteiger partial charge in [-0.05, 0) is 42.3 Å². The van der Waals surface area contributed by atoms with E-state index in [1.807, 2.05) is 31.2 Å². The van der Waals surface area contributed by atoms with Crippen molar-refractivity contribution in [3.8, 4) is 17.2 Å². The monoisotopic (exact) mass is 542 g/mol. The molecule has 0 aliphatic carbocycles. The number of nitrogens with zero attached hydrogens (tertiary/aromatic N) is 3. The van der Waals surface area contributed by atoms with Crippen LogP contribution >= 0.6 is 11.9 Å². The summed E-state index contributed by atoms with van der Waals surface area (Å²) in [5.74, 6) is 0.666. The second-order valence-electron chi connectivity index (χ2n) is 8.04. The fourth-order valence-corrected chi connectivity index (χ4v) is 5.49. The van der Waals surface area contributed by atoms with Crippen LogP contribution in [-0.2, 0) is 14.6 Å². The van der Waals surface area contributed by atoms with Crippen molar-refractivity contribution in [2.45, 2.75) is 20.3 Å². The van der Waals surface area contributed by atoms with E-state index >= 15 is 0 Å². The fraction of sp³-hybridized carbons (Fsp3) is 0.280. The highest BCUT2D eigenvalue weighted by Crippen LogP contribution is 2.32. The Morgan fingerprint density at radius 1 is 1.08 bits per heavy atom. The van der Waals surface area contributed by atoms with Crippen molar-refractivity contribution in [1.29, 1.82) is 5.41 Å². The number of ether oxygens (including phenoxy) is 3. The van der Waals surface area contributed by atoms with Gasteiger partial charge in [-0.25, -0.2) is 13.3 Å². The number of rotatable bonds is 9. The van der Waals surface area contributed by atoms with Gasteiger partial charge in [0.2, 0.25) is 20.2 Å². The number of hydrogen-bond acceptors (Lipinski definition) is 9. The lowest BCUT2D eigenvalue weighted by molar-refractivity contribution is -0.114. The molecular formula is C25H26N4O6S2. The van der Waals surface area contributed by atoms with Gasteiger partial charge in [-0.2, -0.15) is 9.39 Å². The van der Waals surface area contributed by atoms with E-state index in [0.717, 1.165) is 28.2 Å². The first-order chi connectivity index (χ1) is 17.7. The molecule has 10 nitrogen and oxygen atoms in total. The van der Waals surface area contributed by atoms with E-state index in [4.69, 9.17) is 19.6 Å². The quantitative estimate of drug-likeness (QED) is 0.287. The number of fused-ring (bicyclic) bond motifs is 1. The van der Waals surface area contributed by atoms with Crippen LogP contribution in [-0.4, -0.2) is 61.5 Å². The number of amidine groups is 3. The normalized spacial score (nSPS) is 16.4. The van der Waals surface area contributed by atoms with E-state index in [-0.39, 0.29) is 27.5 Å². The second-order valence-corrected chi connectivity index (χ2v) is 10.9. The van der Waals surface area contributed by atoms with Gasteiger partial charge in [-0.1, -0.05) is 31.2 Å². The predicted molar refractivity (Wildman–Crippen MR) is 144 cm³/mol. The maximum Gasteiger partial charge on any atom is 0.283 e. The lowest BCUT2D eigenvalue weighted by atomic mass is 10.1. The molecule has 2 aromatic carbocycles. The van der Waals surface area contributed by atoms with E-state index in [2.05, 4.69) is 9.39 Å². The summed E-state index contributed by atoms with van der Waals surface area (Å²) in [4.78, 5) is 17.6. The highest BCUT2D eigenvalue weighted by molar-refractivity contribution is 8.16. The molecular weight excluding hydrogens is 516 g/mol. The van der Waals surface area contributed by atoms with Gasteiger partial charge in [0.15, 0.2) is 11.5 Å². The lowest BCUT2D eigenvalue weighted by Gasteiger charge is -2.24. The molecule has 0 saturated carbocycles. The topological polar surface area (TPSA) is 131 Å². The van der Waals surface area contributed by atoms with Crippen LogP contribution in [0, 0.1) is 12.3 Å². The summed E-state index contributed by atoms with van der Waals surface area (Å²) in [5, 5.41) is 8.27. The molecule has 1 N–H and O–H groups in total. The molecule has 0 radical (unpaired) electrons. The zero-order valence-electron chi connectivity index (χ0n) is 20.6. The van der Waals surface area contributed by atoms with Crippen LogP contribution in [0.3, 0.4) is 0 Å². The third kappa shape index (κ3) is 5.70. The molecule has 0 atom stereocenters. The lowest BCUT2D eigenvalue weighted by Crippen LogP contribution is -2.45. The van der Waals surface area contributed by atoms with Gasteiger partial charge in [0.05, 0.1) is 43.6 Å². The summed E-state index contributed by atoms with van der Waals surface area (Å²) in [6.07, 6.45) is 2.13. The van der Waals surface area contributed by atoms with Crippen molar-refractivity contribution < 1.29 is 27.4 Å². The van der Waals surface area contributed by atoms with Gasteiger partial charge < -0.3 is 14.2 Å². The Bertz CT molecular complexity index is 1430. The minimum Gasteiger partial charge on any atom is -0.493 e. The van der Waals surface area contributed by atoms with Crippen molar-refractivity contribution in [1.82, 2.24) is 4.90 Å². The number of carbonyl (C=O) groups is 1. The highest BCUT2D eigenvalue weighted by atomic mass is 32.2. The number of carbonyl (C=O) groups excluding carboxylic acids is 1. The molecule has 0 bridgehead atoms. The van der Waals surface area contributed by atoms with Crippen LogP contribution in [0.15, 0.2) is 57.4 Å². The number of amides is 1. The largest absolute Gasteiger partial charge is 0.493 e. The number of sulfone groups is 1. The van der Waals surface area contributed by atoms with Crippen LogP contribution < -0.4 is 14.2 Å². The van der Waals surface area contributed by atoms with Gasteiger partial charge in [0.25, 0.3) is 5.91 Å². The number of hydrogen-bond donors (Lipinski definition) is 1. The number of para-hydroxylation sites is 1. The molecule has 0 saturated heterocycles. The van der Waals surface area contributed by atoms with E-state index in [0.29, 0.717) is 36.7 Å². The average Bonchev–Trinajstić information content (AvgIpc) is 3.32. The number of methoxy groups -OCH3 is 1. The minimum absolute atomic E-state index is 0.0481. The van der Waals surface area contributed by atoms with Crippen LogP contribution in [0.5, 0.6) is 17.2 Å². The molecule has 2 aliphatic heterocycles. The first-order valence-corrected chi connectivity index (χ1v) is 13.9. The van der Waals surface area contributed by atoms with Crippen molar-refractivity contribution >= 4 is 49.9 Å². The molecule has 194 valence electrons. The first-order valence-electron chi connectivity index (χ1n) is 11.5. The van der Waals surface area contributed by atoms with E-state index in [1.165, 1.54) is 20.1 Å². The number of benzene rings is 2. The van der Waals surface area contributed by atoms with Crippen LogP contribution in [0.1, 0.15) is 24.5 Å². The van der Waals surface area contributed by atoms with Crippen LogP contribution in [0.4, 0.5) is 0 Å². The Morgan fingerprint density at radius 2 is 1.81 bits per heavy atom. The summed E-state index contributed by atoms with van der Waals surface area (Å²) < 4.78 is 45.8. The van der Waals surface area contributed by atoms with Crippen LogP contribution in [0.2, 0.25) is 0 Å². The van der Waals surface area contributed by atoms with E-state index in [1.54, 1.807) is 18.2 Å². The molecule has 1 amide bonds. The zero-order valence-corrected chi connectivity index (χ0v) is 22.2. The SMILES string of the molecule is CCS(=O)(=O)C1=NSC2=NC(=O)/C(=C\c3ccc(OCCCOc4ccccc4C)c(OC)c3)C(=N)N21. The number of nitrogens with one attached hydrogen (secondary N) is 1. The molecule has 2 aromatic rings. The standard InChI is InChI=1S/C25H26N4O6S2/c1-4-37(31,32)25-28-36-24-27-23(30)18(22(26)29(24)25)14-17-10-11-20(21(15-17)33-3)35-13-7-12-34-19-9-6-5-8-16(19)2/h5-6,8-11,14-15,26H,4,7,12-13H2,1-3H3/b18-14-,26-22?. The van der Waals surface area contributed by atoms with Crippen LogP contribution in [0.25, 0.3) is 6.08 Å². The highest BCUT2D eigenvalue weighted by Gasteiger charge is 2.42. The summed E-state index contributed by atoms with van der Waals surface area (Å²) in [5.41, 5.74) is 1.57. The maximum atomic E-state index is 12.6. The number of aryl methyl sites for hydroxylation is 1. The van der Waals surface area contributed by atoms with Gasteiger partial charge in [-0.3, -0.25) is 10.2 Å². The summed E-state index contributed by atoms with van der Waals surface area (Å²) in [6, 6.07) is 12.9. The second kappa shape index (κ2) is 11.2. The maximum absolute atomic E-state index is 12.6. The minimum atomic E-state index is -3.71. The van der Waals surface area contributed by atoms with Gasteiger partial charge in [0.1, 0.15) is 11.6 Å². The van der Waals surface area contributed by atoms with Gasteiger partial charge in [-0.15, -0.1) is 0 Å². The summed E-state index contributed by atoms with van der Waals surface area (Å²) in [6.45, 7) is 4.38. The van der Waals surface area contributed by atoms with Crippen molar-refractivity contribution in [3.63, 3.8) is 0 Å². The molecule has 4 rings (SSSR count). The molecule has 12 heteroatoms. The average molecular weight is 543 g/mol. The molecule has 2 aliphatic rings. The van der Waals surface area contributed by atoms with E-state index < -0.39 is 15.7 Å². The smallest absolute Gasteiger partial charge is 0.283 e. The Balaban J connectivity index is 1.45. The molecule has 37 heavy (non-hydrogen) atoms. The number of aliphatic imine (C=N–C) groups is 1. The Hall–Kier alpha value is -3.64. The molecule has 0 unspecified atom stereocenters. The Labute approximate surface area is 219 Å². The van der Waals surface area contributed by atoms with Gasteiger partial charge in [0, 0.05) is 6.42 Å². The summed E-state index contributed by atoms with van der Waals surface area (Å²) in [7, 11) is -2.21. The van der Waals surface area contributed by atoms with Gasteiger partial charge >= 0.3 is 0 Å². The van der Waals surface area contributed by atoms with Crippen molar-refractivity contribution in [2.75, 3.05) is 26.1 Å². The third-order valence-electron chi connectivity index (χ3n) is 5.55.